The molecule has 10 heteroatoms. The Labute approximate surface area is 185 Å². The van der Waals surface area contributed by atoms with E-state index < -0.39 is 10.0 Å². The molecule has 7 nitrogen and oxygen atoms in total. The van der Waals surface area contributed by atoms with E-state index in [0.29, 0.717) is 6.54 Å². The van der Waals surface area contributed by atoms with Gasteiger partial charge in [0.05, 0.1) is 12.0 Å². The Bertz CT molecular complexity index is 1110. The van der Waals surface area contributed by atoms with Crippen molar-refractivity contribution in [3.05, 3.63) is 41.7 Å². The van der Waals surface area contributed by atoms with Gasteiger partial charge in [-0.3, -0.25) is 0 Å². The number of rotatable bonds is 9. The number of imidazole rings is 1. The Balaban J connectivity index is 1.21. The Morgan fingerprint density at radius 3 is 2.83 bits per heavy atom. The standard InChI is InChI=1S/C20H25N5O2S3/c1-25-13-18(22-14-25)30(26,27)23-11-6-2-5-10-21-20-24-19-15-7-3-4-8-16(15)28-12-9-17(19)29-20/h3-4,7-8,13-14,23H,2,5-6,9-12H2,1H3,(H,21,24). The fourth-order valence-corrected chi connectivity index (χ4v) is 6.48. The van der Waals surface area contributed by atoms with E-state index in [1.165, 1.54) is 27.9 Å². The largest absolute Gasteiger partial charge is 0.361 e. The average Bonchev–Trinajstić information content (AvgIpc) is 3.30. The van der Waals surface area contributed by atoms with Crippen LogP contribution >= 0.6 is 23.1 Å². The predicted octanol–water partition coefficient (Wildman–Crippen LogP) is 3.75. The molecule has 1 aromatic carbocycles. The van der Waals surface area contributed by atoms with Crippen LogP contribution < -0.4 is 10.0 Å². The van der Waals surface area contributed by atoms with Crippen LogP contribution in [0.5, 0.6) is 0 Å². The number of thioether (sulfide) groups is 1. The third kappa shape index (κ3) is 5.05. The molecule has 0 atom stereocenters. The minimum atomic E-state index is -3.51. The van der Waals surface area contributed by atoms with Crippen molar-refractivity contribution in [2.24, 2.45) is 7.05 Å². The molecule has 0 bridgehead atoms. The molecule has 0 radical (unpaired) electrons. The number of aryl methyl sites for hydroxylation is 2. The maximum absolute atomic E-state index is 12.1. The van der Waals surface area contributed by atoms with Gasteiger partial charge in [0.25, 0.3) is 10.0 Å². The van der Waals surface area contributed by atoms with Gasteiger partial charge in [0.2, 0.25) is 0 Å². The maximum Gasteiger partial charge on any atom is 0.259 e. The van der Waals surface area contributed by atoms with Crippen molar-refractivity contribution in [1.29, 1.82) is 0 Å². The van der Waals surface area contributed by atoms with Gasteiger partial charge in [-0.1, -0.05) is 24.6 Å². The highest BCUT2D eigenvalue weighted by atomic mass is 32.2. The summed E-state index contributed by atoms with van der Waals surface area (Å²) in [6.07, 6.45) is 6.70. The molecule has 0 unspecified atom stereocenters. The predicted molar refractivity (Wildman–Crippen MR) is 123 cm³/mol. The molecule has 3 heterocycles. The fraction of sp³-hybridized carbons (Fsp3) is 0.400. The first-order valence-corrected chi connectivity index (χ1v) is 13.2. The highest BCUT2D eigenvalue weighted by Crippen LogP contribution is 2.40. The highest BCUT2D eigenvalue weighted by molar-refractivity contribution is 7.99. The first kappa shape index (κ1) is 21.4. The number of sulfonamides is 1. The summed E-state index contributed by atoms with van der Waals surface area (Å²) in [6.45, 7) is 1.24. The summed E-state index contributed by atoms with van der Waals surface area (Å²) in [5.74, 6) is 1.08. The lowest BCUT2D eigenvalue weighted by Gasteiger charge is -2.05. The number of benzene rings is 1. The van der Waals surface area contributed by atoms with Gasteiger partial charge in [0, 0.05) is 47.4 Å². The third-order valence-corrected chi connectivity index (χ3v) is 8.30. The quantitative estimate of drug-likeness (QED) is 0.470. The lowest BCUT2D eigenvalue weighted by atomic mass is 10.1. The molecule has 2 aromatic heterocycles. The van der Waals surface area contributed by atoms with Crippen molar-refractivity contribution in [2.75, 3.05) is 24.2 Å². The van der Waals surface area contributed by atoms with E-state index in [9.17, 15) is 8.42 Å². The van der Waals surface area contributed by atoms with E-state index in [2.05, 4.69) is 39.3 Å². The monoisotopic (exact) mass is 463 g/mol. The summed E-state index contributed by atoms with van der Waals surface area (Å²) >= 11 is 3.65. The Kier molecular flexibility index (Phi) is 6.77. The minimum absolute atomic E-state index is 0.0650. The molecule has 160 valence electrons. The van der Waals surface area contributed by atoms with Crippen LogP contribution in [0.2, 0.25) is 0 Å². The number of anilines is 1. The van der Waals surface area contributed by atoms with Crippen LogP contribution in [0, 0.1) is 0 Å². The van der Waals surface area contributed by atoms with Crippen molar-refractivity contribution in [1.82, 2.24) is 19.3 Å². The van der Waals surface area contributed by atoms with Gasteiger partial charge in [0.15, 0.2) is 10.2 Å². The van der Waals surface area contributed by atoms with Crippen molar-refractivity contribution >= 4 is 38.3 Å². The molecule has 0 aliphatic carbocycles. The molecule has 1 aliphatic heterocycles. The number of hydrogen-bond acceptors (Lipinski definition) is 7. The molecule has 0 spiro atoms. The van der Waals surface area contributed by atoms with E-state index in [1.807, 2.05) is 11.8 Å². The topological polar surface area (TPSA) is 88.9 Å². The second-order valence-electron chi connectivity index (χ2n) is 7.15. The molecule has 0 fully saturated rings. The fourth-order valence-electron chi connectivity index (χ4n) is 3.28. The summed E-state index contributed by atoms with van der Waals surface area (Å²) in [4.78, 5) is 11.4. The van der Waals surface area contributed by atoms with Crippen molar-refractivity contribution in [3.8, 4) is 11.3 Å². The van der Waals surface area contributed by atoms with Crippen LogP contribution in [0.4, 0.5) is 5.13 Å². The first-order chi connectivity index (χ1) is 14.5. The van der Waals surface area contributed by atoms with Crippen LogP contribution in [-0.2, 0) is 23.5 Å². The van der Waals surface area contributed by atoms with Crippen LogP contribution in [0.25, 0.3) is 11.3 Å². The second kappa shape index (κ2) is 9.51. The van der Waals surface area contributed by atoms with Crippen LogP contribution in [0.3, 0.4) is 0 Å². The first-order valence-electron chi connectivity index (χ1n) is 9.96. The number of thiazole rings is 1. The van der Waals surface area contributed by atoms with Gasteiger partial charge in [-0.25, -0.2) is 23.1 Å². The van der Waals surface area contributed by atoms with Gasteiger partial charge in [-0.15, -0.1) is 23.1 Å². The number of fused-ring (bicyclic) bond motifs is 3. The van der Waals surface area contributed by atoms with Crippen LogP contribution in [0.1, 0.15) is 24.1 Å². The Hall–Kier alpha value is -1.88. The van der Waals surface area contributed by atoms with E-state index in [1.54, 1.807) is 23.0 Å². The number of nitrogens with one attached hydrogen (secondary N) is 2. The van der Waals surface area contributed by atoms with Gasteiger partial charge >= 0.3 is 0 Å². The number of aromatic nitrogens is 3. The molecular weight excluding hydrogens is 438 g/mol. The Morgan fingerprint density at radius 2 is 2.00 bits per heavy atom. The van der Waals surface area contributed by atoms with E-state index in [4.69, 9.17) is 4.98 Å². The maximum atomic E-state index is 12.1. The van der Waals surface area contributed by atoms with Crippen molar-refractivity contribution < 1.29 is 8.42 Å². The van der Waals surface area contributed by atoms with E-state index in [0.717, 1.165) is 48.8 Å². The summed E-state index contributed by atoms with van der Waals surface area (Å²) < 4.78 is 28.5. The Morgan fingerprint density at radius 1 is 1.17 bits per heavy atom. The summed E-state index contributed by atoms with van der Waals surface area (Å²) in [7, 11) is -1.76. The molecule has 2 N–H and O–H groups in total. The third-order valence-electron chi connectivity index (χ3n) is 4.80. The molecule has 30 heavy (non-hydrogen) atoms. The summed E-state index contributed by atoms with van der Waals surface area (Å²) in [5, 5.41) is 4.47. The van der Waals surface area contributed by atoms with Crippen molar-refractivity contribution in [3.63, 3.8) is 0 Å². The highest BCUT2D eigenvalue weighted by Gasteiger charge is 2.19. The molecular formula is C20H25N5O2S3. The number of hydrogen-bond donors (Lipinski definition) is 2. The number of unbranched alkanes of at least 4 members (excludes halogenated alkanes) is 2. The minimum Gasteiger partial charge on any atom is -0.361 e. The molecule has 3 aromatic rings. The second-order valence-corrected chi connectivity index (χ2v) is 11.1. The van der Waals surface area contributed by atoms with Gasteiger partial charge in [-0.05, 0) is 25.3 Å². The lowest BCUT2D eigenvalue weighted by molar-refractivity contribution is 0.572. The zero-order chi connectivity index (χ0) is 21.0. The van der Waals surface area contributed by atoms with Crippen LogP contribution in [-0.4, -0.2) is 41.8 Å². The summed E-state index contributed by atoms with van der Waals surface area (Å²) in [5.41, 5.74) is 2.35. The molecule has 0 saturated carbocycles. The smallest absolute Gasteiger partial charge is 0.259 e. The average molecular weight is 464 g/mol. The zero-order valence-electron chi connectivity index (χ0n) is 16.8. The van der Waals surface area contributed by atoms with E-state index >= 15 is 0 Å². The molecule has 0 saturated heterocycles. The van der Waals surface area contributed by atoms with E-state index in [-0.39, 0.29) is 5.03 Å². The summed E-state index contributed by atoms with van der Waals surface area (Å²) in [6, 6.07) is 8.48. The zero-order valence-corrected chi connectivity index (χ0v) is 19.2. The van der Waals surface area contributed by atoms with Gasteiger partial charge in [0.1, 0.15) is 0 Å². The van der Waals surface area contributed by atoms with Crippen LogP contribution in [0.15, 0.2) is 46.7 Å². The van der Waals surface area contributed by atoms with Gasteiger partial charge in [-0.2, -0.15) is 0 Å². The van der Waals surface area contributed by atoms with Gasteiger partial charge < -0.3 is 9.88 Å². The van der Waals surface area contributed by atoms with Crippen molar-refractivity contribution in [2.45, 2.75) is 35.6 Å². The molecule has 1 aliphatic rings. The molecule has 4 rings (SSSR count). The number of nitrogens with zero attached hydrogens (tertiary/aromatic N) is 3. The normalized spacial score (nSPS) is 13.5. The lowest BCUT2D eigenvalue weighted by Crippen LogP contribution is -2.25. The molecule has 0 amide bonds. The SMILES string of the molecule is Cn1cnc(S(=O)(=O)NCCCCCNc2nc3c(s2)CCSc2ccccc2-3)c1.